The van der Waals surface area contributed by atoms with Gasteiger partial charge in [0.2, 0.25) is 0 Å². The summed E-state index contributed by atoms with van der Waals surface area (Å²) in [4.78, 5) is 22.8. The van der Waals surface area contributed by atoms with Crippen molar-refractivity contribution in [3.63, 3.8) is 0 Å². The zero-order valence-corrected chi connectivity index (χ0v) is 12.6. The van der Waals surface area contributed by atoms with E-state index in [9.17, 15) is 9.59 Å². The molecule has 0 spiro atoms. The van der Waals surface area contributed by atoms with Crippen LogP contribution in [0.15, 0.2) is 0 Å². The van der Waals surface area contributed by atoms with E-state index >= 15 is 0 Å². The lowest BCUT2D eigenvalue weighted by atomic mass is 9.91. The average molecular weight is 273 g/mol. The number of carbonyl (C=O) groups is 2. The largest absolute Gasteiger partial charge is 0.463 e. The predicted molar refractivity (Wildman–Crippen MR) is 73.9 cm³/mol. The quantitative estimate of drug-likeness (QED) is 0.518. The van der Waals surface area contributed by atoms with Gasteiger partial charge in [0.05, 0.1) is 18.6 Å². The molecular formula is C14H27NO4. The Morgan fingerprint density at radius 3 is 2.32 bits per heavy atom. The van der Waals surface area contributed by atoms with E-state index in [-0.39, 0.29) is 19.1 Å². The van der Waals surface area contributed by atoms with Gasteiger partial charge in [-0.05, 0) is 26.7 Å². The molecule has 1 amide bonds. The van der Waals surface area contributed by atoms with Gasteiger partial charge in [0.1, 0.15) is 6.61 Å². The summed E-state index contributed by atoms with van der Waals surface area (Å²) in [5.41, 5.74) is -0.472. The van der Waals surface area contributed by atoms with E-state index in [1.54, 1.807) is 0 Å². The van der Waals surface area contributed by atoms with Gasteiger partial charge in [0, 0.05) is 0 Å². The molecule has 0 fully saturated rings. The molecule has 5 nitrogen and oxygen atoms in total. The smallest absolute Gasteiger partial charge is 0.407 e. The highest BCUT2D eigenvalue weighted by molar-refractivity contribution is 5.75. The number of hydrogen-bond donors (Lipinski definition) is 1. The molecule has 1 N–H and O–H groups in total. The van der Waals surface area contributed by atoms with E-state index in [2.05, 4.69) is 12.2 Å². The SMILES string of the molecule is CCCCCOC(=O)NCCOC(=O)C(C)(C)CC. The summed E-state index contributed by atoms with van der Waals surface area (Å²) >= 11 is 0. The van der Waals surface area contributed by atoms with Crippen molar-refractivity contribution in [3.05, 3.63) is 0 Å². The Morgan fingerprint density at radius 2 is 1.74 bits per heavy atom. The van der Waals surface area contributed by atoms with E-state index in [4.69, 9.17) is 9.47 Å². The van der Waals surface area contributed by atoms with Crippen LogP contribution in [0.1, 0.15) is 53.4 Å². The fraction of sp³-hybridized carbons (Fsp3) is 0.857. The Labute approximate surface area is 116 Å². The number of esters is 1. The maximum Gasteiger partial charge on any atom is 0.407 e. The van der Waals surface area contributed by atoms with Crippen LogP contribution in [0.2, 0.25) is 0 Å². The van der Waals surface area contributed by atoms with Gasteiger partial charge in [-0.15, -0.1) is 0 Å². The van der Waals surface area contributed by atoms with E-state index in [1.807, 2.05) is 20.8 Å². The molecule has 112 valence electrons. The van der Waals surface area contributed by atoms with Crippen molar-refractivity contribution in [2.24, 2.45) is 5.41 Å². The number of rotatable bonds is 9. The Kier molecular flexibility index (Phi) is 9.00. The van der Waals surface area contributed by atoms with Crippen LogP contribution in [-0.4, -0.2) is 31.8 Å². The van der Waals surface area contributed by atoms with Crippen LogP contribution in [0, 0.1) is 5.41 Å². The second kappa shape index (κ2) is 9.64. The number of amides is 1. The zero-order valence-electron chi connectivity index (χ0n) is 12.6. The standard InChI is InChI=1S/C14H27NO4/c1-5-7-8-10-19-13(17)15-9-11-18-12(16)14(3,4)6-2/h5-11H2,1-4H3,(H,15,17). The minimum Gasteiger partial charge on any atom is -0.463 e. The normalized spacial score (nSPS) is 10.9. The Morgan fingerprint density at radius 1 is 1.05 bits per heavy atom. The summed E-state index contributed by atoms with van der Waals surface area (Å²) in [7, 11) is 0. The third-order valence-electron chi connectivity index (χ3n) is 3.02. The molecule has 5 heteroatoms. The second-order valence-corrected chi connectivity index (χ2v) is 5.14. The molecule has 0 radical (unpaired) electrons. The summed E-state index contributed by atoms with van der Waals surface area (Å²) in [5.74, 6) is -0.242. The number of unbranched alkanes of at least 4 members (excludes halogenated alkanes) is 2. The van der Waals surface area contributed by atoms with E-state index in [1.165, 1.54) is 0 Å². The molecule has 0 aliphatic heterocycles. The van der Waals surface area contributed by atoms with Gasteiger partial charge >= 0.3 is 12.1 Å². The molecule has 19 heavy (non-hydrogen) atoms. The van der Waals surface area contributed by atoms with Crippen molar-refractivity contribution in [3.8, 4) is 0 Å². The van der Waals surface area contributed by atoms with Crippen LogP contribution in [0.4, 0.5) is 4.79 Å². The number of nitrogens with one attached hydrogen (secondary N) is 1. The van der Waals surface area contributed by atoms with Crippen molar-refractivity contribution in [1.29, 1.82) is 0 Å². The lowest BCUT2D eigenvalue weighted by Gasteiger charge is -2.20. The van der Waals surface area contributed by atoms with Gasteiger partial charge in [0.25, 0.3) is 0 Å². The average Bonchev–Trinajstić information content (AvgIpc) is 2.39. The maximum atomic E-state index is 11.6. The first kappa shape index (κ1) is 17.7. The second-order valence-electron chi connectivity index (χ2n) is 5.14. The lowest BCUT2D eigenvalue weighted by Crippen LogP contribution is -2.32. The molecule has 0 unspecified atom stereocenters. The van der Waals surface area contributed by atoms with Crippen LogP contribution < -0.4 is 5.32 Å². The lowest BCUT2D eigenvalue weighted by molar-refractivity contribution is -0.153. The maximum absolute atomic E-state index is 11.6. The first-order chi connectivity index (χ1) is 8.94. The van der Waals surface area contributed by atoms with E-state index in [0.29, 0.717) is 6.61 Å². The number of carbonyl (C=O) groups excluding carboxylic acids is 2. The molecular weight excluding hydrogens is 246 g/mol. The van der Waals surface area contributed by atoms with Crippen LogP contribution in [0.3, 0.4) is 0 Å². The molecule has 0 atom stereocenters. The van der Waals surface area contributed by atoms with Crippen LogP contribution in [-0.2, 0) is 14.3 Å². The Hall–Kier alpha value is -1.26. The third-order valence-corrected chi connectivity index (χ3v) is 3.02. The van der Waals surface area contributed by atoms with Crippen molar-refractivity contribution in [2.75, 3.05) is 19.8 Å². The van der Waals surface area contributed by atoms with Gasteiger partial charge in [-0.1, -0.05) is 26.7 Å². The minimum absolute atomic E-state index is 0.173. The van der Waals surface area contributed by atoms with Crippen LogP contribution >= 0.6 is 0 Å². The molecule has 0 aromatic heterocycles. The molecule has 0 aliphatic rings. The minimum atomic E-state index is -0.472. The summed E-state index contributed by atoms with van der Waals surface area (Å²) in [6.45, 7) is 8.59. The summed E-state index contributed by atoms with van der Waals surface area (Å²) < 4.78 is 10.0. The topological polar surface area (TPSA) is 64.6 Å². The third kappa shape index (κ3) is 8.46. The molecule has 0 saturated carbocycles. The fourth-order valence-corrected chi connectivity index (χ4v) is 1.20. The van der Waals surface area contributed by atoms with Gasteiger partial charge < -0.3 is 14.8 Å². The monoisotopic (exact) mass is 273 g/mol. The van der Waals surface area contributed by atoms with Crippen molar-refractivity contribution in [1.82, 2.24) is 5.32 Å². The molecule has 0 bridgehead atoms. The molecule has 0 aromatic rings. The van der Waals surface area contributed by atoms with Crippen LogP contribution in [0.5, 0.6) is 0 Å². The van der Waals surface area contributed by atoms with Gasteiger partial charge in [-0.25, -0.2) is 4.79 Å². The van der Waals surface area contributed by atoms with Crippen molar-refractivity contribution in [2.45, 2.75) is 53.4 Å². The number of hydrogen-bond acceptors (Lipinski definition) is 4. The first-order valence-electron chi connectivity index (χ1n) is 7.02. The Balaban J connectivity index is 3.58. The fourth-order valence-electron chi connectivity index (χ4n) is 1.20. The molecule has 0 rings (SSSR count). The number of alkyl carbamates (subject to hydrolysis) is 1. The van der Waals surface area contributed by atoms with Crippen molar-refractivity contribution < 1.29 is 19.1 Å². The Bertz CT molecular complexity index is 277. The van der Waals surface area contributed by atoms with Crippen molar-refractivity contribution >= 4 is 12.1 Å². The van der Waals surface area contributed by atoms with E-state index in [0.717, 1.165) is 25.7 Å². The zero-order chi connectivity index (χ0) is 14.7. The molecule has 0 saturated heterocycles. The highest BCUT2D eigenvalue weighted by atomic mass is 16.6. The molecule has 0 aliphatic carbocycles. The van der Waals surface area contributed by atoms with E-state index < -0.39 is 11.5 Å². The molecule has 0 aromatic carbocycles. The van der Waals surface area contributed by atoms with Gasteiger partial charge in [-0.2, -0.15) is 0 Å². The van der Waals surface area contributed by atoms with Gasteiger partial charge in [0.15, 0.2) is 0 Å². The highest BCUT2D eigenvalue weighted by Crippen LogP contribution is 2.21. The van der Waals surface area contributed by atoms with Crippen LogP contribution in [0.25, 0.3) is 0 Å². The summed E-state index contributed by atoms with van der Waals surface area (Å²) in [5, 5.41) is 2.55. The molecule has 0 heterocycles. The van der Waals surface area contributed by atoms with Gasteiger partial charge in [-0.3, -0.25) is 4.79 Å². The highest BCUT2D eigenvalue weighted by Gasteiger charge is 2.26. The number of ether oxygens (including phenoxy) is 2. The predicted octanol–water partition coefficient (Wildman–Crippen LogP) is 2.88. The summed E-state index contributed by atoms with van der Waals surface area (Å²) in [6, 6.07) is 0. The first-order valence-corrected chi connectivity index (χ1v) is 7.02. The summed E-state index contributed by atoms with van der Waals surface area (Å²) in [6.07, 6.45) is 3.29.